The molecule has 0 saturated carbocycles. The first-order valence-electron chi connectivity index (χ1n) is 10.4. The van der Waals surface area contributed by atoms with E-state index in [0.29, 0.717) is 31.9 Å². The van der Waals surface area contributed by atoms with Gasteiger partial charge in [-0.3, -0.25) is 9.59 Å². The second-order valence-corrected chi connectivity index (χ2v) is 9.55. The molecule has 0 aliphatic heterocycles. The smallest absolute Gasteiger partial charge is 0.250 e. The molecule has 0 spiro atoms. The highest BCUT2D eigenvalue weighted by atomic mass is 35.5. The number of nitrogens with one attached hydrogen (secondary N) is 1. The first-order chi connectivity index (χ1) is 16.5. The number of aliphatic hydroxyl groups is 2. The van der Waals surface area contributed by atoms with E-state index in [0.717, 1.165) is 5.56 Å². The Kier molecular flexibility index (Phi) is 6.90. The lowest BCUT2D eigenvalue weighted by molar-refractivity contribution is -0.118. The van der Waals surface area contributed by atoms with Crippen molar-refractivity contribution < 1.29 is 24.2 Å². The van der Waals surface area contributed by atoms with Gasteiger partial charge in [-0.1, -0.05) is 46.9 Å². The molecule has 0 radical (unpaired) electrons. The molecule has 2 heterocycles. The quantitative estimate of drug-likeness (QED) is 0.262. The van der Waals surface area contributed by atoms with Crippen molar-refractivity contribution >= 4 is 63.3 Å². The van der Waals surface area contributed by atoms with Gasteiger partial charge >= 0.3 is 0 Å². The number of furan rings is 1. The molecule has 180 valence electrons. The number of amides is 1. The lowest BCUT2D eigenvalue weighted by Crippen LogP contribution is -2.31. The molecule has 2 aromatic heterocycles. The van der Waals surface area contributed by atoms with Gasteiger partial charge in [-0.25, -0.2) is 4.98 Å². The van der Waals surface area contributed by atoms with Crippen molar-refractivity contribution in [3.05, 3.63) is 69.4 Å². The van der Waals surface area contributed by atoms with Crippen molar-refractivity contribution in [3.63, 3.8) is 0 Å². The third kappa shape index (κ3) is 5.05. The fourth-order valence-corrected chi connectivity index (χ4v) is 4.12. The number of carbonyl (C=O) groups excluding carboxylic acids is 2. The monoisotopic (exact) mass is 532 g/mol. The number of aromatic nitrogens is 1. The van der Waals surface area contributed by atoms with E-state index in [4.69, 9.17) is 39.2 Å². The van der Waals surface area contributed by atoms with Crippen LogP contribution in [0.3, 0.4) is 0 Å². The summed E-state index contributed by atoms with van der Waals surface area (Å²) < 4.78 is 5.76. The molecule has 0 saturated heterocycles. The van der Waals surface area contributed by atoms with Gasteiger partial charge in [-0.15, -0.1) is 0 Å². The molecule has 0 aliphatic carbocycles. The fourth-order valence-electron chi connectivity index (χ4n) is 3.50. The number of aliphatic hydroxyl groups excluding tert-OH is 1. The number of carbonyl (C=O) groups is 2. The third-order valence-electron chi connectivity index (χ3n) is 5.19. The molecule has 10 heteroatoms. The number of benzene rings is 2. The molecule has 0 aliphatic rings. The summed E-state index contributed by atoms with van der Waals surface area (Å²) in [5.74, 6) is -1.85. The predicted molar refractivity (Wildman–Crippen MR) is 136 cm³/mol. The zero-order valence-electron chi connectivity index (χ0n) is 18.5. The molecule has 7 nitrogen and oxygen atoms in total. The van der Waals surface area contributed by atoms with Crippen LogP contribution in [-0.2, 0) is 4.79 Å². The molecular formula is C25H19Cl3N2O5. The maximum absolute atomic E-state index is 12.9. The SMILES string of the molecule is CC(C)(O)C(=O)c1oc2nc(-c3ccc(Cl)cc3Cl)c(-c3ccc(Cl)cc3)cc2c1NC(=O)CO. The van der Waals surface area contributed by atoms with E-state index in [1.165, 1.54) is 13.8 Å². The van der Waals surface area contributed by atoms with Gasteiger partial charge in [0.15, 0.2) is 5.76 Å². The van der Waals surface area contributed by atoms with Gasteiger partial charge in [0.2, 0.25) is 17.4 Å². The number of nitrogens with zero attached hydrogens (tertiary/aromatic N) is 1. The highest BCUT2D eigenvalue weighted by Gasteiger charge is 2.33. The van der Waals surface area contributed by atoms with Gasteiger partial charge in [0.1, 0.15) is 17.9 Å². The predicted octanol–water partition coefficient (Wildman–Crippen LogP) is 6.01. The molecule has 35 heavy (non-hydrogen) atoms. The number of hydrogen-bond donors (Lipinski definition) is 3. The van der Waals surface area contributed by atoms with Gasteiger partial charge in [-0.2, -0.15) is 0 Å². The Labute approximate surface area is 215 Å². The second-order valence-electron chi connectivity index (χ2n) is 8.27. The summed E-state index contributed by atoms with van der Waals surface area (Å²) in [6.07, 6.45) is 0. The molecule has 0 fully saturated rings. The lowest BCUT2D eigenvalue weighted by Gasteiger charge is -2.14. The topological polar surface area (TPSA) is 113 Å². The van der Waals surface area contributed by atoms with E-state index in [9.17, 15) is 19.8 Å². The van der Waals surface area contributed by atoms with Crippen molar-refractivity contribution in [1.29, 1.82) is 0 Å². The lowest BCUT2D eigenvalue weighted by atomic mass is 9.97. The van der Waals surface area contributed by atoms with E-state index < -0.39 is 23.9 Å². The van der Waals surface area contributed by atoms with Crippen molar-refractivity contribution in [1.82, 2.24) is 4.98 Å². The van der Waals surface area contributed by atoms with Crippen molar-refractivity contribution in [2.45, 2.75) is 19.4 Å². The largest absolute Gasteiger partial charge is 0.432 e. The number of pyridine rings is 1. The van der Waals surface area contributed by atoms with Crippen LogP contribution in [0.2, 0.25) is 15.1 Å². The van der Waals surface area contributed by atoms with Crippen LogP contribution in [-0.4, -0.2) is 39.1 Å². The van der Waals surface area contributed by atoms with E-state index in [1.807, 2.05) is 0 Å². The second kappa shape index (κ2) is 9.60. The Bertz CT molecular complexity index is 1460. The Morgan fingerprint density at radius 3 is 2.26 bits per heavy atom. The van der Waals surface area contributed by atoms with Crippen LogP contribution < -0.4 is 5.32 Å². The summed E-state index contributed by atoms with van der Waals surface area (Å²) in [5, 5.41) is 23.7. The van der Waals surface area contributed by atoms with Gasteiger partial charge in [0, 0.05) is 21.2 Å². The van der Waals surface area contributed by atoms with Crippen LogP contribution in [0.25, 0.3) is 33.5 Å². The number of halogens is 3. The number of hydrogen-bond acceptors (Lipinski definition) is 6. The molecule has 4 rings (SSSR count). The third-order valence-corrected chi connectivity index (χ3v) is 5.99. The summed E-state index contributed by atoms with van der Waals surface area (Å²) in [4.78, 5) is 29.6. The summed E-state index contributed by atoms with van der Waals surface area (Å²) in [6, 6.07) is 13.6. The molecule has 4 aromatic rings. The normalized spacial score (nSPS) is 11.6. The molecule has 1 amide bonds. The zero-order chi connectivity index (χ0) is 25.5. The zero-order valence-corrected chi connectivity index (χ0v) is 20.8. The van der Waals surface area contributed by atoms with Crippen LogP contribution in [0.4, 0.5) is 5.69 Å². The minimum atomic E-state index is -1.80. The molecule has 0 atom stereocenters. The summed E-state index contributed by atoms with van der Waals surface area (Å²) in [6.45, 7) is 1.77. The van der Waals surface area contributed by atoms with Crippen LogP contribution in [0, 0.1) is 0 Å². The van der Waals surface area contributed by atoms with Crippen molar-refractivity contribution in [3.8, 4) is 22.4 Å². The maximum atomic E-state index is 12.9. The van der Waals surface area contributed by atoms with Crippen molar-refractivity contribution in [2.75, 3.05) is 11.9 Å². The minimum absolute atomic E-state index is 0.0114. The molecule has 2 aromatic carbocycles. The molecule has 3 N–H and O–H groups in total. The van der Waals surface area contributed by atoms with E-state index >= 15 is 0 Å². The number of rotatable bonds is 6. The summed E-state index contributed by atoms with van der Waals surface area (Å²) in [5.41, 5.74) is 0.510. The summed E-state index contributed by atoms with van der Waals surface area (Å²) in [7, 11) is 0. The van der Waals surface area contributed by atoms with Crippen LogP contribution in [0.1, 0.15) is 24.4 Å². The van der Waals surface area contributed by atoms with Gasteiger partial charge < -0.3 is 19.9 Å². The standard InChI is InChI=1S/C25H19Cl3N2O5/c1-25(2,34)23(33)22-21(29-19(32)11-31)17-10-16(12-3-5-13(26)6-4-12)20(30-24(17)35-22)15-8-7-14(27)9-18(15)28/h3-10,31,34H,11H2,1-2H3,(H,29,32). The highest BCUT2D eigenvalue weighted by molar-refractivity contribution is 6.36. The minimum Gasteiger partial charge on any atom is -0.432 e. The average Bonchev–Trinajstić information content (AvgIpc) is 3.14. The fraction of sp³-hybridized carbons (Fsp3) is 0.160. The highest BCUT2D eigenvalue weighted by Crippen LogP contribution is 2.41. The van der Waals surface area contributed by atoms with E-state index in [-0.39, 0.29) is 22.5 Å². The first kappa shape index (κ1) is 25.2. The van der Waals surface area contributed by atoms with Gasteiger partial charge in [-0.05, 0) is 55.8 Å². The Balaban J connectivity index is 2.07. The summed E-state index contributed by atoms with van der Waals surface area (Å²) >= 11 is 18.6. The van der Waals surface area contributed by atoms with Gasteiger partial charge in [0.05, 0.1) is 16.1 Å². The Morgan fingerprint density at radius 2 is 1.66 bits per heavy atom. The molecular weight excluding hydrogens is 515 g/mol. The maximum Gasteiger partial charge on any atom is 0.250 e. The Hall–Kier alpha value is -2.94. The van der Waals surface area contributed by atoms with Crippen LogP contribution in [0.15, 0.2) is 52.9 Å². The van der Waals surface area contributed by atoms with Gasteiger partial charge in [0.25, 0.3) is 0 Å². The number of fused-ring (bicyclic) bond motifs is 1. The van der Waals surface area contributed by atoms with E-state index in [1.54, 1.807) is 48.5 Å². The van der Waals surface area contributed by atoms with E-state index in [2.05, 4.69) is 10.3 Å². The van der Waals surface area contributed by atoms with Crippen molar-refractivity contribution in [2.24, 2.45) is 0 Å². The Morgan fingerprint density at radius 1 is 1.00 bits per heavy atom. The molecule has 0 bridgehead atoms. The molecule has 0 unspecified atom stereocenters. The van der Waals surface area contributed by atoms with Crippen LogP contribution >= 0.6 is 34.8 Å². The van der Waals surface area contributed by atoms with Crippen LogP contribution in [0.5, 0.6) is 0 Å². The number of Topliss-reactive ketones (excluding diaryl/α,β-unsaturated/α-hetero) is 1. The average molecular weight is 534 g/mol. The number of anilines is 1. The number of ketones is 1. The first-order valence-corrected chi connectivity index (χ1v) is 11.5.